The molecule has 0 heterocycles. The van der Waals surface area contributed by atoms with Crippen LogP contribution in [-0.4, -0.2) is 42.9 Å². The first-order valence-electron chi connectivity index (χ1n) is 7.72. The van der Waals surface area contributed by atoms with Crippen molar-refractivity contribution in [1.29, 1.82) is 0 Å². The van der Waals surface area contributed by atoms with Gasteiger partial charge >= 0.3 is 0 Å². The van der Waals surface area contributed by atoms with Crippen LogP contribution in [0, 0.1) is 5.92 Å². The fraction of sp³-hybridized carbons (Fsp3) is 0.647. The van der Waals surface area contributed by atoms with Crippen LogP contribution in [0.25, 0.3) is 0 Å². The predicted molar refractivity (Wildman–Crippen MR) is 81.6 cm³/mol. The summed E-state index contributed by atoms with van der Waals surface area (Å²) in [6.07, 6.45) is 5.06. The van der Waals surface area contributed by atoms with Crippen molar-refractivity contribution in [3.8, 4) is 0 Å². The van der Waals surface area contributed by atoms with E-state index in [-0.39, 0.29) is 0 Å². The van der Waals surface area contributed by atoms with E-state index in [4.69, 9.17) is 4.74 Å². The summed E-state index contributed by atoms with van der Waals surface area (Å²) in [7, 11) is 2.10. The Morgan fingerprint density at radius 3 is 2.65 bits per heavy atom. The third-order valence-corrected chi connectivity index (χ3v) is 3.99. The van der Waals surface area contributed by atoms with Crippen molar-refractivity contribution < 1.29 is 9.84 Å². The molecule has 1 aliphatic rings. The van der Waals surface area contributed by atoms with E-state index in [2.05, 4.69) is 11.9 Å². The zero-order chi connectivity index (χ0) is 14.2. The molecule has 0 spiro atoms. The lowest BCUT2D eigenvalue weighted by molar-refractivity contribution is 0.0119. The van der Waals surface area contributed by atoms with Gasteiger partial charge in [-0.25, -0.2) is 0 Å². The Hall–Kier alpha value is -0.900. The van der Waals surface area contributed by atoms with Crippen LogP contribution in [0.15, 0.2) is 30.3 Å². The lowest BCUT2D eigenvalue weighted by Gasteiger charge is -2.23. The summed E-state index contributed by atoms with van der Waals surface area (Å²) < 4.78 is 5.58. The Bertz CT molecular complexity index is 363. The molecule has 1 aliphatic carbocycles. The Balaban J connectivity index is 1.58. The van der Waals surface area contributed by atoms with Crippen molar-refractivity contribution in [2.24, 2.45) is 5.92 Å². The molecule has 2 rings (SSSR count). The number of rotatable bonds is 8. The molecule has 3 nitrogen and oxygen atoms in total. The summed E-state index contributed by atoms with van der Waals surface area (Å²) in [5.41, 5.74) is 1.15. The second kappa shape index (κ2) is 8.40. The molecule has 1 aromatic carbocycles. The maximum atomic E-state index is 10.0. The van der Waals surface area contributed by atoms with Crippen LogP contribution in [-0.2, 0) is 11.3 Å². The predicted octanol–water partition coefficient (Wildman–Crippen LogP) is 2.69. The average molecular weight is 277 g/mol. The fourth-order valence-electron chi connectivity index (χ4n) is 3.01. The van der Waals surface area contributed by atoms with Crippen molar-refractivity contribution in [2.75, 3.05) is 26.7 Å². The van der Waals surface area contributed by atoms with Crippen LogP contribution < -0.4 is 0 Å². The molecule has 1 atom stereocenters. The number of nitrogens with zero attached hydrogens (tertiary/aromatic N) is 1. The smallest absolute Gasteiger partial charge is 0.0900 e. The van der Waals surface area contributed by atoms with Crippen LogP contribution in [0.5, 0.6) is 0 Å². The topological polar surface area (TPSA) is 32.7 Å². The number of likely N-dealkylation sites (N-methyl/N-ethyl adjacent to an activating group) is 1. The summed E-state index contributed by atoms with van der Waals surface area (Å²) in [4.78, 5) is 2.24. The molecule has 0 amide bonds. The van der Waals surface area contributed by atoms with Gasteiger partial charge in [-0.1, -0.05) is 43.2 Å². The van der Waals surface area contributed by atoms with Gasteiger partial charge in [-0.05, 0) is 31.4 Å². The first kappa shape index (κ1) is 15.5. The van der Waals surface area contributed by atoms with Crippen molar-refractivity contribution in [1.82, 2.24) is 4.90 Å². The zero-order valence-electron chi connectivity index (χ0n) is 12.5. The molecular formula is C17H27NO2. The van der Waals surface area contributed by atoms with Gasteiger partial charge in [-0.2, -0.15) is 0 Å². The summed E-state index contributed by atoms with van der Waals surface area (Å²) in [5, 5.41) is 10.0. The van der Waals surface area contributed by atoms with E-state index in [0.717, 1.165) is 18.0 Å². The number of hydrogen-bond acceptors (Lipinski definition) is 3. The monoisotopic (exact) mass is 277 g/mol. The van der Waals surface area contributed by atoms with Gasteiger partial charge in [0, 0.05) is 13.1 Å². The third-order valence-electron chi connectivity index (χ3n) is 3.99. The molecule has 1 N–H and O–H groups in total. The van der Waals surface area contributed by atoms with Gasteiger partial charge in [0.15, 0.2) is 0 Å². The minimum absolute atomic E-state index is 0.398. The molecule has 3 heteroatoms. The molecule has 112 valence electrons. The number of aliphatic hydroxyl groups excluding tert-OH is 1. The van der Waals surface area contributed by atoms with Crippen molar-refractivity contribution >= 4 is 0 Å². The van der Waals surface area contributed by atoms with Crippen molar-refractivity contribution in [2.45, 2.75) is 38.4 Å². The molecule has 0 bridgehead atoms. The highest BCUT2D eigenvalue weighted by molar-refractivity contribution is 5.13. The third kappa shape index (κ3) is 5.61. The Kier molecular flexibility index (Phi) is 6.51. The van der Waals surface area contributed by atoms with Crippen LogP contribution in [0.1, 0.15) is 31.2 Å². The first-order chi connectivity index (χ1) is 9.74. The quantitative estimate of drug-likeness (QED) is 0.793. The SMILES string of the molecule is CN(CC(O)COCc1ccccc1)CC1CCCC1. The molecule has 1 aromatic rings. The second-order valence-corrected chi connectivity index (χ2v) is 6.03. The van der Waals surface area contributed by atoms with Crippen LogP contribution in [0.3, 0.4) is 0 Å². The lowest BCUT2D eigenvalue weighted by atomic mass is 10.1. The highest BCUT2D eigenvalue weighted by atomic mass is 16.5. The molecule has 1 saturated carbocycles. The zero-order valence-corrected chi connectivity index (χ0v) is 12.5. The second-order valence-electron chi connectivity index (χ2n) is 6.03. The molecule has 0 radical (unpaired) electrons. The minimum Gasteiger partial charge on any atom is -0.389 e. The average Bonchev–Trinajstić information content (AvgIpc) is 2.92. The highest BCUT2D eigenvalue weighted by Gasteiger charge is 2.18. The van der Waals surface area contributed by atoms with Crippen molar-refractivity contribution in [3.05, 3.63) is 35.9 Å². The normalized spacial score (nSPS) is 17.8. The minimum atomic E-state index is -0.398. The Labute approximate surface area is 122 Å². The Morgan fingerprint density at radius 2 is 1.95 bits per heavy atom. The van der Waals surface area contributed by atoms with Gasteiger partial charge in [0.25, 0.3) is 0 Å². The van der Waals surface area contributed by atoms with Gasteiger partial charge in [0.2, 0.25) is 0 Å². The van der Waals surface area contributed by atoms with Crippen LogP contribution in [0.2, 0.25) is 0 Å². The maximum Gasteiger partial charge on any atom is 0.0900 e. The van der Waals surface area contributed by atoms with Crippen LogP contribution >= 0.6 is 0 Å². The Morgan fingerprint density at radius 1 is 1.25 bits per heavy atom. The highest BCUT2D eigenvalue weighted by Crippen LogP contribution is 2.25. The van der Waals surface area contributed by atoms with E-state index < -0.39 is 6.10 Å². The van der Waals surface area contributed by atoms with Gasteiger partial charge in [-0.15, -0.1) is 0 Å². The van der Waals surface area contributed by atoms with E-state index >= 15 is 0 Å². The van der Waals surface area contributed by atoms with Crippen LogP contribution in [0.4, 0.5) is 0 Å². The van der Waals surface area contributed by atoms with E-state index in [1.165, 1.54) is 25.7 Å². The summed E-state index contributed by atoms with van der Waals surface area (Å²) in [6.45, 7) is 2.79. The molecule has 20 heavy (non-hydrogen) atoms. The summed E-state index contributed by atoms with van der Waals surface area (Å²) in [5.74, 6) is 0.831. The summed E-state index contributed by atoms with van der Waals surface area (Å²) >= 11 is 0. The molecule has 0 aromatic heterocycles. The number of hydrogen-bond donors (Lipinski definition) is 1. The number of ether oxygens (including phenoxy) is 1. The summed E-state index contributed by atoms with van der Waals surface area (Å²) in [6, 6.07) is 10.1. The van der Waals surface area contributed by atoms with E-state index in [1.54, 1.807) is 0 Å². The van der Waals surface area contributed by atoms with E-state index in [1.807, 2.05) is 30.3 Å². The number of aliphatic hydroxyl groups is 1. The first-order valence-corrected chi connectivity index (χ1v) is 7.72. The van der Waals surface area contributed by atoms with Gasteiger partial charge in [0.1, 0.15) is 0 Å². The lowest BCUT2D eigenvalue weighted by Crippen LogP contribution is -2.34. The number of benzene rings is 1. The molecule has 1 unspecified atom stereocenters. The maximum absolute atomic E-state index is 10.0. The molecule has 1 fully saturated rings. The van der Waals surface area contributed by atoms with E-state index in [0.29, 0.717) is 19.8 Å². The van der Waals surface area contributed by atoms with Gasteiger partial charge in [0.05, 0.1) is 19.3 Å². The van der Waals surface area contributed by atoms with Gasteiger partial charge < -0.3 is 14.7 Å². The van der Waals surface area contributed by atoms with E-state index in [9.17, 15) is 5.11 Å². The van der Waals surface area contributed by atoms with Gasteiger partial charge in [-0.3, -0.25) is 0 Å². The fourth-order valence-corrected chi connectivity index (χ4v) is 3.01. The largest absolute Gasteiger partial charge is 0.389 e. The molecule has 0 saturated heterocycles. The standard InChI is InChI=1S/C17H27NO2/c1-18(11-15-7-5-6-8-15)12-17(19)14-20-13-16-9-3-2-4-10-16/h2-4,9-10,15,17,19H,5-8,11-14H2,1H3. The van der Waals surface area contributed by atoms with Crippen molar-refractivity contribution in [3.63, 3.8) is 0 Å². The molecular weight excluding hydrogens is 250 g/mol. The molecule has 0 aliphatic heterocycles.